The lowest BCUT2D eigenvalue weighted by Gasteiger charge is -2.35. The molecule has 1 aliphatic rings. The number of hydrogen-bond donors (Lipinski definition) is 4. The number of carbonyl (C=O) groups is 1. The molecule has 1 aromatic heterocycles. The van der Waals surface area contributed by atoms with E-state index in [4.69, 9.17) is 5.21 Å². The second-order valence-corrected chi connectivity index (χ2v) is 7.59. The molecule has 3 aromatic rings. The largest absolute Gasteiger partial charge is 0.369 e. The Hall–Kier alpha value is -3.76. The molecule has 1 fully saturated rings. The molecule has 1 amide bonds. The van der Waals surface area contributed by atoms with E-state index in [0.717, 1.165) is 50.3 Å². The Balaban J connectivity index is 1.46. The predicted octanol–water partition coefficient (Wildman–Crippen LogP) is 3.36. The summed E-state index contributed by atoms with van der Waals surface area (Å²) in [6.45, 7) is 7.35. The molecular weight excluding hydrogens is 425 g/mol. The van der Waals surface area contributed by atoms with Crippen molar-refractivity contribution in [1.29, 1.82) is 0 Å². The van der Waals surface area contributed by atoms with E-state index in [2.05, 4.69) is 37.3 Å². The summed E-state index contributed by atoms with van der Waals surface area (Å²) in [6.07, 6.45) is 1.05. The van der Waals surface area contributed by atoms with Gasteiger partial charge >= 0.3 is 0 Å². The number of amides is 1. The average Bonchev–Trinajstić information content (AvgIpc) is 2.86. The molecule has 10 heteroatoms. The maximum absolute atomic E-state index is 14.3. The van der Waals surface area contributed by atoms with Gasteiger partial charge in [0.25, 0.3) is 5.91 Å². The number of halogens is 1. The molecule has 0 saturated carbocycles. The van der Waals surface area contributed by atoms with Crippen LogP contribution in [-0.4, -0.2) is 58.7 Å². The van der Waals surface area contributed by atoms with Gasteiger partial charge in [-0.3, -0.25) is 10.0 Å². The van der Waals surface area contributed by atoms with Gasteiger partial charge in [0.2, 0.25) is 5.95 Å². The number of hydroxylamine groups is 1. The number of aromatic nitrogens is 2. The van der Waals surface area contributed by atoms with Gasteiger partial charge in [-0.25, -0.2) is 14.9 Å². The number of piperazine rings is 1. The number of benzene rings is 2. The fourth-order valence-electron chi connectivity index (χ4n) is 3.70. The first-order valence-corrected chi connectivity index (χ1v) is 10.7. The maximum Gasteiger partial charge on any atom is 0.276 e. The third-order valence-electron chi connectivity index (χ3n) is 5.58. The molecule has 4 rings (SSSR count). The van der Waals surface area contributed by atoms with Gasteiger partial charge in [0.1, 0.15) is 0 Å². The fraction of sp³-hybridized carbons (Fsp3) is 0.261. The number of anilines is 5. The van der Waals surface area contributed by atoms with Crippen LogP contribution in [0.2, 0.25) is 0 Å². The van der Waals surface area contributed by atoms with Crippen molar-refractivity contribution in [2.45, 2.75) is 6.92 Å². The Morgan fingerprint density at radius 3 is 2.48 bits per heavy atom. The summed E-state index contributed by atoms with van der Waals surface area (Å²) in [6, 6.07) is 14.3. The molecule has 172 valence electrons. The van der Waals surface area contributed by atoms with Gasteiger partial charge in [0.15, 0.2) is 11.6 Å². The van der Waals surface area contributed by atoms with Crippen LogP contribution >= 0.6 is 0 Å². The normalized spacial score (nSPS) is 14.1. The van der Waals surface area contributed by atoms with Crippen LogP contribution in [-0.2, 0) is 0 Å². The van der Waals surface area contributed by atoms with E-state index in [1.54, 1.807) is 23.7 Å². The second-order valence-electron chi connectivity index (χ2n) is 7.59. The van der Waals surface area contributed by atoms with Crippen LogP contribution in [0, 0.1) is 5.82 Å². The first-order valence-electron chi connectivity index (χ1n) is 10.7. The van der Waals surface area contributed by atoms with Gasteiger partial charge in [0, 0.05) is 37.6 Å². The molecule has 0 radical (unpaired) electrons. The van der Waals surface area contributed by atoms with E-state index < -0.39 is 11.7 Å². The Kier molecular flexibility index (Phi) is 6.96. The summed E-state index contributed by atoms with van der Waals surface area (Å²) in [5.41, 5.74) is 3.93. The van der Waals surface area contributed by atoms with Crippen molar-refractivity contribution >= 4 is 34.7 Å². The molecule has 1 saturated heterocycles. The summed E-state index contributed by atoms with van der Waals surface area (Å²) < 4.78 is 14.3. The van der Waals surface area contributed by atoms with Crippen LogP contribution in [0.4, 0.5) is 33.2 Å². The highest BCUT2D eigenvalue weighted by molar-refractivity contribution is 5.99. The highest BCUT2D eigenvalue weighted by Crippen LogP contribution is 2.24. The van der Waals surface area contributed by atoms with Crippen molar-refractivity contribution in [3.8, 4) is 0 Å². The Labute approximate surface area is 191 Å². The molecule has 2 heterocycles. The molecule has 4 N–H and O–H groups in total. The van der Waals surface area contributed by atoms with Gasteiger partial charge < -0.3 is 20.4 Å². The summed E-state index contributed by atoms with van der Waals surface area (Å²) >= 11 is 0. The van der Waals surface area contributed by atoms with Gasteiger partial charge in [-0.1, -0.05) is 19.1 Å². The molecule has 0 unspecified atom stereocenters. The SMILES string of the molecule is CCN1CCN(c2ccc(Nc3ncc(F)c(Nc4ccccc4C(=O)NO)n3)cc2)CC1. The molecule has 0 aliphatic carbocycles. The lowest BCUT2D eigenvalue weighted by atomic mass is 10.1. The lowest BCUT2D eigenvalue weighted by Crippen LogP contribution is -2.46. The van der Waals surface area contributed by atoms with Crippen molar-refractivity contribution in [2.24, 2.45) is 0 Å². The van der Waals surface area contributed by atoms with Crippen molar-refractivity contribution in [2.75, 3.05) is 48.3 Å². The van der Waals surface area contributed by atoms with Gasteiger partial charge in [-0.15, -0.1) is 0 Å². The lowest BCUT2D eigenvalue weighted by molar-refractivity contribution is 0.0707. The van der Waals surface area contributed by atoms with Crippen LogP contribution < -0.4 is 21.0 Å². The minimum atomic E-state index is -0.720. The maximum atomic E-state index is 14.3. The second kappa shape index (κ2) is 10.2. The number of para-hydroxylation sites is 1. The van der Waals surface area contributed by atoms with E-state index in [1.165, 1.54) is 6.07 Å². The summed E-state index contributed by atoms with van der Waals surface area (Å²) in [5.74, 6) is -1.30. The Bertz CT molecular complexity index is 1100. The number of rotatable bonds is 7. The van der Waals surface area contributed by atoms with Crippen LogP contribution in [0.3, 0.4) is 0 Å². The van der Waals surface area contributed by atoms with Crippen LogP contribution in [0.5, 0.6) is 0 Å². The Morgan fingerprint density at radius 2 is 1.79 bits per heavy atom. The average molecular weight is 452 g/mol. The number of hydrogen-bond acceptors (Lipinski definition) is 8. The van der Waals surface area contributed by atoms with Gasteiger partial charge in [-0.2, -0.15) is 4.98 Å². The van der Waals surface area contributed by atoms with E-state index in [0.29, 0.717) is 5.69 Å². The number of likely N-dealkylation sites (N-methyl/N-ethyl adjacent to an activating group) is 1. The third kappa shape index (κ3) is 5.36. The highest BCUT2D eigenvalue weighted by atomic mass is 19.1. The van der Waals surface area contributed by atoms with Crippen LogP contribution in [0.25, 0.3) is 0 Å². The van der Waals surface area contributed by atoms with E-state index >= 15 is 0 Å². The smallest absolute Gasteiger partial charge is 0.276 e. The zero-order valence-corrected chi connectivity index (χ0v) is 18.3. The quantitative estimate of drug-likeness (QED) is 0.320. The van der Waals surface area contributed by atoms with Crippen molar-refractivity contribution < 1.29 is 14.4 Å². The standard InChI is InChI=1S/C23H26FN7O2/c1-2-30-11-13-31(14-12-30)17-9-7-16(8-10-17)26-23-25-15-19(24)21(28-23)27-20-6-4-3-5-18(20)22(32)29-33/h3-10,15,33H,2,11-14H2,1H3,(H,29,32)(H2,25,26,27,28). The molecule has 1 aliphatic heterocycles. The fourth-order valence-corrected chi connectivity index (χ4v) is 3.70. The zero-order valence-electron chi connectivity index (χ0n) is 18.3. The minimum Gasteiger partial charge on any atom is -0.369 e. The number of nitrogens with zero attached hydrogens (tertiary/aromatic N) is 4. The topological polar surface area (TPSA) is 106 Å². The molecule has 33 heavy (non-hydrogen) atoms. The molecule has 0 spiro atoms. The summed E-state index contributed by atoms with van der Waals surface area (Å²) in [4.78, 5) is 24.8. The predicted molar refractivity (Wildman–Crippen MR) is 125 cm³/mol. The van der Waals surface area contributed by atoms with E-state index in [1.807, 2.05) is 24.3 Å². The van der Waals surface area contributed by atoms with Crippen molar-refractivity contribution in [1.82, 2.24) is 20.3 Å². The van der Waals surface area contributed by atoms with E-state index in [-0.39, 0.29) is 17.3 Å². The summed E-state index contributed by atoms with van der Waals surface area (Å²) in [7, 11) is 0. The van der Waals surface area contributed by atoms with Crippen molar-refractivity contribution in [3.63, 3.8) is 0 Å². The molecular formula is C23H26FN7O2. The van der Waals surface area contributed by atoms with E-state index in [9.17, 15) is 9.18 Å². The first kappa shape index (κ1) is 22.4. The third-order valence-corrected chi connectivity index (χ3v) is 5.58. The zero-order chi connectivity index (χ0) is 23.2. The van der Waals surface area contributed by atoms with Gasteiger partial charge in [-0.05, 0) is 42.9 Å². The van der Waals surface area contributed by atoms with Crippen LogP contribution in [0.1, 0.15) is 17.3 Å². The highest BCUT2D eigenvalue weighted by Gasteiger charge is 2.16. The van der Waals surface area contributed by atoms with Gasteiger partial charge in [0.05, 0.1) is 17.4 Å². The molecule has 2 aromatic carbocycles. The molecule has 0 bridgehead atoms. The van der Waals surface area contributed by atoms with Crippen molar-refractivity contribution in [3.05, 3.63) is 66.1 Å². The summed E-state index contributed by atoms with van der Waals surface area (Å²) in [5, 5.41) is 14.8. The monoisotopic (exact) mass is 451 g/mol. The molecule has 9 nitrogen and oxygen atoms in total. The Morgan fingerprint density at radius 1 is 1.06 bits per heavy atom. The first-order chi connectivity index (χ1) is 16.1. The molecule has 0 atom stereocenters. The minimum absolute atomic E-state index is 0.101. The number of nitrogens with one attached hydrogen (secondary N) is 3. The number of carbonyl (C=O) groups excluding carboxylic acids is 1. The van der Waals surface area contributed by atoms with Crippen LogP contribution in [0.15, 0.2) is 54.7 Å².